The Balaban J connectivity index is 0.877. The summed E-state index contributed by atoms with van der Waals surface area (Å²) in [7, 11) is 0. The van der Waals surface area contributed by atoms with Crippen LogP contribution in [0.5, 0.6) is 0 Å². The van der Waals surface area contributed by atoms with E-state index in [1.165, 1.54) is 18.9 Å². The maximum absolute atomic E-state index is 12.5. The molecule has 6 fully saturated rings. The lowest BCUT2D eigenvalue weighted by molar-refractivity contribution is -0.156. The summed E-state index contributed by atoms with van der Waals surface area (Å²) >= 11 is 0. The van der Waals surface area contributed by atoms with E-state index in [0.717, 1.165) is 38.5 Å². The summed E-state index contributed by atoms with van der Waals surface area (Å²) in [5.41, 5.74) is 0.440. The van der Waals surface area contributed by atoms with Gasteiger partial charge in [0, 0.05) is 11.6 Å². The second kappa shape index (κ2) is 12.2. The number of carbonyl (C=O) groups excluding carboxylic acids is 4. The number of carbonyl (C=O) groups is 4. The minimum absolute atomic E-state index is 0.305. The standard InChI is InChI=1S/C34H46O8/c1-4-31(35)39-14-19-5-25-21-9-23(27(11-21)29(25)7-19)16-41-33(37)13-32(36)40-15-20-6-26-22-10-24(17-42-34(38)18(2)3)28(12-22)30(26)8-20/h4,19-30H,1-2,5-17H2,3H3. The van der Waals surface area contributed by atoms with Gasteiger partial charge in [0.2, 0.25) is 0 Å². The number of hydrogen-bond acceptors (Lipinski definition) is 8. The molecule has 8 heteroatoms. The van der Waals surface area contributed by atoms with E-state index in [0.29, 0.717) is 103 Å². The van der Waals surface area contributed by atoms with Gasteiger partial charge in [-0.05, 0) is 129 Å². The van der Waals surface area contributed by atoms with E-state index in [-0.39, 0.29) is 18.4 Å². The summed E-state index contributed by atoms with van der Waals surface area (Å²) in [4.78, 5) is 48.2. The first-order valence-corrected chi connectivity index (χ1v) is 16.1. The molecule has 0 saturated heterocycles. The molecule has 12 atom stereocenters. The Bertz CT molecular complexity index is 1110. The molecule has 0 aromatic carbocycles. The topological polar surface area (TPSA) is 105 Å². The van der Waals surface area contributed by atoms with E-state index in [9.17, 15) is 19.2 Å². The highest BCUT2D eigenvalue weighted by Gasteiger charge is 2.57. The van der Waals surface area contributed by atoms with Crippen LogP contribution in [0.15, 0.2) is 24.8 Å². The first kappa shape index (κ1) is 29.4. The highest BCUT2D eigenvalue weighted by molar-refractivity contribution is 5.91. The fourth-order valence-electron chi connectivity index (χ4n) is 10.5. The van der Waals surface area contributed by atoms with Gasteiger partial charge in [0.25, 0.3) is 0 Å². The molecule has 4 bridgehead atoms. The molecule has 0 aromatic rings. The molecule has 42 heavy (non-hydrogen) atoms. The normalized spacial score (nSPS) is 40.3. The smallest absolute Gasteiger partial charge is 0.333 e. The van der Waals surface area contributed by atoms with Crippen LogP contribution in [0.25, 0.3) is 0 Å². The van der Waals surface area contributed by atoms with E-state index < -0.39 is 11.9 Å². The quantitative estimate of drug-likeness (QED) is 0.138. The van der Waals surface area contributed by atoms with Crippen LogP contribution in [0.2, 0.25) is 0 Å². The van der Waals surface area contributed by atoms with Gasteiger partial charge in [-0.15, -0.1) is 0 Å². The minimum atomic E-state index is -0.495. The molecule has 0 N–H and O–H groups in total. The second-order valence-electron chi connectivity index (χ2n) is 14.4. The molecular weight excluding hydrogens is 536 g/mol. The Hall–Kier alpha value is -2.64. The van der Waals surface area contributed by atoms with Crippen LogP contribution < -0.4 is 0 Å². The Morgan fingerprint density at radius 1 is 0.619 bits per heavy atom. The van der Waals surface area contributed by atoms with Crippen molar-refractivity contribution in [1.82, 2.24) is 0 Å². The minimum Gasteiger partial charge on any atom is -0.465 e. The fraction of sp³-hybridized carbons (Fsp3) is 0.765. The lowest BCUT2D eigenvalue weighted by atomic mass is 9.76. The monoisotopic (exact) mass is 582 g/mol. The predicted octanol–water partition coefficient (Wildman–Crippen LogP) is 4.91. The molecule has 6 aliphatic carbocycles. The average molecular weight is 583 g/mol. The van der Waals surface area contributed by atoms with Crippen LogP contribution >= 0.6 is 0 Å². The van der Waals surface area contributed by atoms with Crippen molar-refractivity contribution in [2.24, 2.45) is 71.0 Å². The van der Waals surface area contributed by atoms with E-state index in [4.69, 9.17) is 18.9 Å². The lowest BCUT2D eigenvalue weighted by Crippen LogP contribution is -2.28. The summed E-state index contributed by atoms with van der Waals surface area (Å²) in [5, 5.41) is 0. The third kappa shape index (κ3) is 5.92. The Morgan fingerprint density at radius 2 is 1.10 bits per heavy atom. The Morgan fingerprint density at radius 3 is 1.62 bits per heavy atom. The van der Waals surface area contributed by atoms with Gasteiger partial charge in [0.05, 0.1) is 26.4 Å². The Kier molecular flexibility index (Phi) is 8.52. The summed E-state index contributed by atoms with van der Waals surface area (Å²) < 4.78 is 21.9. The summed E-state index contributed by atoms with van der Waals surface area (Å²) in [5.74, 6) is 4.95. The molecule has 6 aliphatic rings. The number of ether oxygens (including phenoxy) is 4. The largest absolute Gasteiger partial charge is 0.465 e. The summed E-state index contributed by atoms with van der Waals surface area (Å²) in [6.07, 6.45) is 9.80. The molecule has 230 valence electrons. The van der Waals surface area contributed by atoms with Crippen molar-refractivity contribution in [1.29, 1.82) is 0 Å². The fourth-order valence-corrected chi connectivity index (χ4v) is 10.5. The highest BCUT2D eigenvalue weighted by atomic mass is 16.6. The van der Waals surface area contributed by atoms with Crippen LogP contribution in [-0.2, 0) is 38.1 Å². The van der Waals surface area contributed by atoms with Crippen LogP contribution in [0.3, 0.4) is 0 Å². The van der Waals surface area contributed by atoms with E-state index in [2.05, 4.69) is 13.2 Å². The molecule has 0 aromatic heterocycles. The second-order valence-corrected chi connectivity index (χ2v) is 14.4. The van der Waals surface area contributed by atoms with Crippen molar-refractivity contribution in [2.75, 3.05) is 26.4 Å². The van der Waals surface area contributed by atoms with Crippen molar-refractivity contribution in [3.63, 3.8) is 0 Å². The van der Waals surface area contributed by atoms with Crippen molar-refractivity contribution >= 4 is 23.9 Å². The van der Waals surface area contributed by atoms with Crippen LogP contribution in [0, 0.1) is 71.0 Å². The van der Waals surface area contributed by atoms with Gasteiger partial charge in [-0.3, -0.25) is 9.59 Å². The zero-order valence-electron chi connectivity index (χ0n) is 24.9. The molecule has 0 spiro atoms. The first-order chi connectivity index (χ1) is 20.2. The van der Waals surface area contributed by atoms with Crippen molar-refractivity contribution in [2.45, 2.75) is 64.7 Å². The molecule has 6 saturated carbocycles. The van der Waals surface area contributed by atoms with Crippen LogP contribution in [0.4, 0.5) is 0 Å². The molecule has 12 unspecified atom stereocenters. The lowest BCUT2D eigenvalue weighted by Gasteiger charge is -2.31. The van der Waals surface area contributed by atoms with E-state index >= 15 is 0 Å². The third-order valence-corrected chi connectivity index (χ3v) is 12.0. The Labute approximate surface area is 248 Å². The number of rotatable bonds is 12. The maximum Gasteiger partial charge on any atom is 0.333 e. The molecular formula is C34H46O8. The van der Waals surface area contributed by atoms with Crippen molar-refractivity contribution < 1.29 is 38.1 Å². The first-order valence-electron chi connectivity index (χ1n) is 16.1. The zero-order valence-corrected chi connectivity index (χ0v) is 24.9. The molecule has 6 rings (SSSR count). The summed E-state index contributed by atoms with van der Waals surface area (Å²) in [6.45, 7) is 10.5. The molecule has 0 amide bonds. The highest BCUT2D eigenvalue weighted by Crippen LogP contribution is 2.63. The van der Waals surface area contributed by atoms with Gasteiger partial charge in [-0.1, -0.05) is 13.2 Å². The maximum atomic E-state index is 12.5. The van der Waals surface area contributed by atoms with Crippen LogP contribution in [0.1, 0.15) is 64.7 Å². The van der Waals surface area contributed by atoms with Gasteiger partial charge in [-0.25, -0.2) is 9.59 Å². The number of hydrogen-bond donors (Lipinski definition) is 0. The zero-order chi connectivity index (χ0) is 29.5. The average Bonchev–Trinajstić information content (AvgIpc) is 3.79. The number of fused-ring (bicyclic) bond motifs is 10. The SMILES string of the molecule is C=CC(=O)OCC1CC2C3CC(COC(=O)CC(=O)OCC4CC5C6CC(COC(=O)C(=C)C)C(C6)C5C4)C(C3)C2C1. The predicted molar refractivity (Wildman–Crippen MR) is 152 cm³/mol. The summed E-state index contributed by atoms with van der Waals surface area (Å²) in [6, 6.07) is 0. The molecule has 0 heterocycles. The molecule has 0 aliphatic heterocycles. The van der Waals surface area contributed by atoms with Gasteiger partial charge >= 0.3 is 23.9 Å². The van der Waals surface area contributed by atoms with Crippen molar-refractivity contribution in [3.8, 4) is 0 Å². The van der Waals surface area contributed by atoms with Gasteiger partial charge in [0.15, 0.2) is 0 Å². The van der Waals surface area contributed by atoms with E-state index in [1.54, 1.807) is 6.92 Å². The number of esters is 4. The van der Waals surface area contributed by atoms with Gasteiger partial charge in [0.1, 0.15) is 6.42 Å². The van der Waals surface area contributed by atoms with Gasteiger partial charge in [-0.2, -0.15) is 0 Å². The van der Waals surface area contributed by atoms with E-state index in [1.807, 2.05) is 0 Å². The third-order valence-electron chi connectivity index (χ3n) is 12.0. The molecule has 8 nitrogen and oxygen atoms in total. The van der Waals surface area contributed by atoms with Gasteiger partial charge < -0.3 is 18.9 Å². The van der Waals surface area contributed by atoms with Crippen LogP contribution in [-0.4, -0.2) is 50.3 Å². The molecule has 0 radical (unpaired) electrons. The van der Waals surface area contributed by atoms with Crippen molar-refractivity contribution in [3.05, 3.63) is 24.8 Å².